The first kappa shape index (κ1) is 16.0. The summed E-state index contributed by atoms with van der Waals surface area (Å²) < 4.78 is 6.63. The van der Waals surface area contributed by atoms with Crippen LogP contribution in [-0.2, 0) is 4.74 Å². The maximum absolute atomic E-state index is 13.2. The first-order valence-electron chi connectivity index (χ1n) is 7.93. The number of carbonyl (C=O) groups is 1. The molecular weight excluding hydrogens is 302 g/mol. The molecule has 4 heteroatoms. The van der Waals surface area contributed by atoms with E-state index in [0.29, 0.717) is 11.1 Å². The van der Waals surface area contributed by atoms with Crippen LogP contribution in [0.2, 0.25) is 0 Å². The smallest absolute Gasteiger partial charge is 0.355 e. The molecule has 3 aromatic rings. The van der Waals surface area contributed by atoms with Crippen LogP contribution in [0.4, 0.5) is 0 Å². The van der Waals surface area contributed by atoms with E-state index in [0.717, 1.165) is 16.5 Å². The molecule has 0 saturated carbocycles. The molecule has 0 aliphatic rings. The fourth-order valence-corrected chi connectivity index (χ4v) is 2.94. The van der Waals surface area contributed by atoms with Crippen molar-refractivity contribution in [3.8, 4) is 5.69 Å². The predicted molar refractivity (Wildman–Crippen MR) is 95.0 cm³/mol. The molecule has 3 rings (SSSR count). The molecule has 1 aromatic heterocycles. The number of nitrogens with zero attached hydrogens (tertiary/aromatic N) is 1. The van der Waals surface area contributed by atoms with E-state index in [1.165, 1.54) is 4.57 Å². The van der Waals surface area contributed by atoms with Crippen LogP contribution >= 0.6 is 0 Å². The lowest BCUT2D eigenvalue weighted by molar-refractivity contribution is 0.0516. The Kier molecular flexibility index (Phi) is 4.21. The van der Waals surface area contributed by atoms with Crippen molar-refractivity contribution < 1.29 is 9.53 Å². The van der Waals surface area contributed by atoms with Crippen molar-refractivity contribution in [2.45, 2.75) is 20.8 Å². The van der Waals surface area contributed by atoms with Gasteiger partial charge >= 0.3 is 5.97 Å². The van der Waals surface area contributed by atoms with Gasteiger partial charge in [-0.3, -0.25) is 9.36 Å². The Morgan fingerprint density at radius 3 is 2.46 bits per heavy atom. The number of pyridine rings is 1. The summed E-state index contributed by atoms with van der Waals surface area (Å²) in [5, 5.41) is 1.36. The van der Waals surface area contributed by atoms with Gasteiger partial charge in [-0.1, -0.05) is 36.4 Å². The molecule has 122 valence electrons. The lowest BCUT2D eigenvalue weighted by Gasteiger charge is -2.16. The zero-order valence-electron chi connectivity index (χ0n) is 14.0. The number of hydrogen-bond acceptors (Lipinski definition) is 3. The van der Waals surface area contributed by atoms with E-state index in [9.17, 15) is 9.59 Å². The van der Waals surface area contributed by atoms with Gasteiger partial charge in [0.2, 0.25) is 0 Å². The first-order chi connectivity index (χ1) is 11.5. The summed E-state index contributed by atoms with van der Waals surface area (Å²) in [6.07, 6.45) is 0. The minimum absolute atomic E-state index is 0.206. The van der Waals surface area contributed by atoms with Crippen molar-refractivity contribution in [3.63, 3.8) is 0 Å². The number of ether oxygens (including phenoxy) is 1. The average molecular weight is 321 g/mol. The minimum Gasteiger partial charge on any atom is -0.461 e. The highest BCUT2D eigenvalue weighted by molar-refractivity contribution is 5.95. The maximum atomic E-state index is 13.2. The number of benzene rings is 2. The number of rotatable bonds is 3. The van der Waals surface area contributed by atoms with E-state index >= 15 is 0 Å². The molecule has 0 fully saturated rings. The number of hydrogen-bond donors (Lipinski definition) is 0. The fraction of sp³-hybridized carbons (Fsp3) is 0.200. The highest BCUT2D eigenvalue weighted by Crippen LogP contribution is 2.21. The van der Waals surface area contributed by atoms with E-state index in [1.807, 2.05) is 56.3 Å². The molecule has 0 amide bonds. The number of esters is 1. The van der Waals surface area contributed by atoms with Crippen molar-refractivity contribution in [2.24, 2.45) is 0 Å². The van der Waals surface area contributed by atoms with E-state index in [2.05, 4.69) is 0 Å². The third-order valence-corrected chi connectivity index (χ3v) is 4.10. The van der Waals surface area contributed by atoms with Crippen LogP contribution in [0.25, 0.3) is 16.5 Å². The quantitative estimate of drug-likeness (QED) is 0.690. The van der Waals surface area contributed by atoms with Crippen molar-refractivity contribution >= 4 is 16.7 Å². The monoisotopic (exact) mass is 321 g/mol. The molecule has 2 aromatic carbocycles. The third-order valence-electron chi connectivity index (χ3n) is 4.10. The highest BCUT2D eigenvalue weighted by Gasteiger charge is 2.19. The number of fused-ring (bicyclic) bond motifs is 1. The van der Waals surface area contributed by atoms with E-state index in [1.54, 1.807) is 13.0 Å². The molecule has 4 nitrogen and oxygen atoms in total. The van der Waals surface area contributed by atoms with Gasteiger partial charge in [-0.25, -0.2) is 4.79 Å². The maximum Gasteiger partial charge on any atom is 0.355 e. The number of aromatic nitrogens is 1. The molecular formula is C20H19NO3. The van der Waals surface area contributed by atoms with Crippen LogP contribution in [0.1, 0.15) is 28.5 Å². The lowest BCUT2D eigenvalue weighted by atomic mass is 10.1. The van der Waals surface area contributed by atoms with Crippen LogP contribution < -0.4 is 5.56 Å². The van der Waals surface area contributed by atoms with Crippen LogP contribution in [0.3, 0.4) is 0 Å². The topological polar surface area (TPSA) is 48.3 Å². The van der Waals surface area contributed by atoms with Gasteiger partial charge in [-0.05, 0) is 49.4 Å². The lowest BCUT2D eigenvalue weighted by Crippen LogP contribution is -2.26. The number of para-hydroxylation sites is 1. The summed E-state index contributed by atoms with van der Waals surface area (Å²) in [6, 6.07) is 14.9. The van der Waals surface area contributed by atoms with Gasteiger partial charge < -0.3 is 4.74 Å². The summed E-state index contributed by atoms with van der Waals surface area (Å²) in [4.78, 5) is 25.6. The predicted octanol–water partition coefficient (Wildman–Crippen LogP) is 3.78. The zero-order valence-corrected chi connectivity index (χ0v) is 14.0. The van der Waals surface area contributed by atoms with Gasteiger partial charge in [-0.15, -0.1) is 0 Å². The van der Waals surface area contributed by atoms with Crippen molar-refractivity contribution in [2.75, 3.05) is 6.61 Å². The van der Waals surface area contributed by atoms with Gasteiger partial charge in [0, 0.05) is 0 Å². The summed E-state index contributed by atoms with van der Waals surface area (Å²) >= 11 is 0. The molecule has 0 spiro atoms. The number of carbonyl (C=O) groups excluding carboxylic acids is 1. The largest absolute Gasteiger partial charge is 0.461 e. The zero-order chi connectivity index (χ0) is 17.3. The van der Waals surface area contributed by atoms with Crippen LogP contribution in [0.15, 0.2) is 53.3 Å². The Hall–Kier alpha value is -2.88. The Labute approximate surface area is 140 Å². The van der Waals surface area contributed by atoms with Crippen LogP contribution in [0, 0.1) is 13.8 Å². The molecule has 0 bridgehead atoms. The normalized spacial score (nSPS) is 10.8. The molecule has 0 aliphatic carbocycles. The Morgan fingerprint density at radius 1 is 1.04 bits per heavy atom. The molecule has 1 heterocycles. The van der Waals surface area contributed by atoms with Gasteiger partial charge in [0.25, 0.3) is 5.56 Å². The van der Waals surface area contributed by atoms with E-state index in [-0.39, 0.29) is 17.9 Å². The van der Waals surface area contributed by atoms with Crippen molar-refractivity contribution in [3.05, 3.63) is 75.7 Å². The second-order valence-electron chi connectivity index (χ2n) is 5.72. The minimum atomic E-state index is -0.499. The molecule has 0 N–H and O–H groups in total. The van der Waals surface area contributed by atoms with Crippen LogP contribution in [0.5, 0.6) is 0 Å². The second kappa shape index (κ2) is 6.32. The molecule has 24 heavy (non-hydrogen) atoms. The Bertz CT molecular complexity index is 986. The average Bonchev–Trinajstić information content (AvgIpc) is 2.56. The van der Waals surface area contributed by atoms with E-state index < -0.39 is 5.97 Å². The van der Waals surface area contributed by atoms with Gasteiger partial charge in [0.05, 0.1) is 17.7 Å². The summed E-state index contributed by atoms with van der Waals surface area (Å²) in [7, 11) is 0. The summed E-state index contributed by atoms with van der Waals surface area (Å²) in [5.74, 6) is -0.499. The third kappa shape index (κ3) is 2.60. The van der Waals surface area contributed by atoms with Crippen molar-refractivity contribution in [1.29, 1.82) is 0 Å². The molecule has 0 aliphatic heterocycles. The second-order valence-corrected chi connectivity index (χ2v) is 5.72. The van der Waals surface area contributed by atoms with E-state index in [4.69, 9.17) is 4.74 Å². The van der Waals surface area contributed by atoms with Crippen molar-refractivity contribution in [1.82, 2.24) is 4.57 Å². The Balaban J connectivity index is 2.45. The summed E-state index contributed by atoms with van der Waals surface area (Å²) in [6.45, 7) is 5.82. The molecule has 0 saturated heterocycles. The number of aryl methyl sites for hydroxylation is 2. The van der Waals surface area contributed by atoms with Gasteiger partial charge in [0.1, 0.15) is 5.69 Å². The summed E-state index contributed by atoms with van der Waals surface area (Å²) in [5.41, 5.74) is 2.53. The van der Waals surface area contributed by atoms with Crippen LogP contribution in [-0.4, -0.2) is 17.1 Å². The standard InChI is InChI=1S/C20H19NO3/c1-4-24-20(23)17-12-15-10-7-9-14(3)18(15)19(22)21(17)16-11-6-5-8-13(16)2/h5-12H,4H2,1-3H3. The highest BCUT2D eigenvalue weighted by atomic mass is 16.5. The Morgan fingerprint density at radius 2 is 1.75 bits per heavy atom. The molecule has 0 unspecified atom stereocenters. The van der Waals surface area contributed by atoms with Gasteiger partial charge in [-0.2, -0.15) is 0 Å². The SMILES string of the molecule is CCOC(=O)c1cc2cccc(C)c2c(=O)n1-c1ccccc1C. The molecule has 0 radical (unpaired) electrons. The first-order valence-corrected chi connectivity index (χ1v) is 7.93. The van der Waals surface area contributed by atoms with Gasteiger partial charge in [0.15, 0.2) is 0 Å². The molecule has 0 atom stereocenters. The fourth-order valence-electron chi connectivity index (χ4n) is 2.94.